The summed E-state index contributed by atoms with van der Waals surface area (Å²) in [6, 6.07) is -0.739. The zero-order valence-electron chi connectivity index (χ0n) is 10.4. The molecule has 1 aliphatic rings. The van der Waals surface area contributed by atoms with E-state index in [9.17, 15) is 9.59 Å². The molecule has 1 unspecified atom stereocenters. The van der Waals surface area contributed by atoms with Crippen LogP contribution < -0.4 is 5.32 Å². The van der Waals surface area contributed by atoms with Gasteiger partial charge in [0.2, 0.25) is 5.91 Å². The summed E-state index contributed by atoms with van der Waals surface area (Å²) in [5, 5.41) is 11.7. The molecule has 0 bridgehead atoms. The Balaban J connectivity index is 2.47. The van der Waals surface area contributed by atoms with Crippen molar-refractivity contribution >= 4 is 23.6 Å². The van der Waals surface area contributed by atoms with E-state index in [1.807, 2.05) is 25.6 Å². The number of thioether (sulfide) groups is 1. The molecule has 1 saturated heterocycles. The van der Waals surface area contributed by atoms with Gasteiger partial charge in [-0.15, -0.1) is 0 Å². The molecule has 0 radical (unpaired) electrons. The molecule has 1 rings (SSSR count). The first-order chi connectivity index (χ1) is 8.00. The van der Waals surface area contributed by atoms with Gasteiger partial charge in [0.05, 0.1) is 0 Å². The molecule has 1 amide bonds. The Morgan fingerprint density at radius 1 is 1.35 bits per heavy atom. The monoisotopic (exact) mass is 259 g/mol. The third-order valence-corrected chi connectivity index (χ3v) is 3.96. The van der Waals surface area contributed by atoms with Crippen LogP contribution in [0.3, 0.4) is 0 Å². The number of carbonyl (C=O) groups excluding carboxylic acids is 1. The molecule has 4 nitrogen and oxygen atoms in total. The molecular weight excluding hydrogens is 238 g/mol. The smallest absolute Gasteiger partial charge is 0.326 e. The van der Waals surface area contributed by atoms with E-state index >= 15 is 0 Å². The van der Waals surface area contributed by atoms with E-state index in [1.54, 1.807) is 0 Å². The molecule has 1 heterocycles. The summed E-state index contributed by atoms with van der Waals surface area (Å²) in [4.78, 5) is 22.9. The maximum atomic E-state index is 11.9. The average Bonchev–Trinajstić information content (AvgIpc) is 2.28. The summed E-state index contributed by atoms with van der Waals surface area (Å²) in [5.74, 6) is 1.25. The number of carboxylic acids is 1. The summed E-state index contributed by atoms with van der Waals surface area (Å²) in [6.45, 7) is 3.92. The molecule has 17 heavy (non-hydrogen) atoms. The number of carboxylic acid groups (broad SMARTS) is 1. The number of hydrogen-bond acceptors (Lipinski definition) is 3. The number of nitrogens with one attached hydrogen (secondary N) is 1. The highest BCUT2D eigenvalue weighted by Crippen LogP contribution is 2.23. The summed E-state index contributed by atoms with van der Waals surface area (Å²) >= 11 is 1.86. The predicted molar refractivity (Wildman–Crippen MR) is 69.1 cm³/mol. The van der Waals surface area contributed by atoms with Crippen molar-refractivity contribution in [2.45, 2.75) is 39.2 Å². The Hall–Kier alpha value is -0.710. The summed E-state index contributed by atoms with van der Waals surface area (Å²) in [6.07, 6.45) is 2.22. The second-order valence-electron chi connectivity index (χ2n) is 4.92. The van der Waals surface area contributed by atoms with Crippen molar-refractivity contribution in [1.82, 2.24) is 5.32 Å². The van der Waals surface area contributed by atoms with Gasteiger partial charge in [0.1, 0.15) is 6.04 Å². The largest absolute Gasteiger partial charge is 0.480 e. The van der Waals surface area contributed by atoms with Crippen LogP contribution in [0.5, 0.6) is 0 Å². The molecule has 0 aromatic carbocycles. The van der Waals surface area contributed by atoms with Crippen molar-refractivity contribution in [3.8, 4) is 0 Å². The van der Waals surface area contributed by atoms with Crippen molar-refractivity contribution in [3.05, 3.63) is 0 Å². The van der Waals surface area contributed by atoms with Gasteiger partial charge in [-0.2, -0.15) is 11.8 Å². The second-order valence-corrected chi connectivity index (χ2v) is 6.14. The van der Waals surface area contributed by atoms with Crippen LogP contribution >= 0.6 is 11.8 Å². The fraction of sp³-hybridized carbons (Fsp3) is 0.833. The van der Waals surface area contributed by atoms with Crippen LogP contribution in [0.1, 0.15) is 33.1 Å². The molecule has 1 aliphatic heterocycles. The first-order valence-electron chi connectivity index (χ1n) is 6.11. The van der Waals surface area contributed by atoms with Gasteiger partial charge in [0, 0.05) is 5.92 Å². The van der Waals surface area contributed by atoms with Gasteiger partial charge >= 0.3 is 5.97 Å². The molecule has 0 spiro atoms. The van der Waals surface area contributed by atoms with Crippen molar-refractivity contribution in [1.29, 1.82) is 0 Å². The molecule has 0 aliphatic carbocycles. The molecule has 0 aromatic heterocycles. The maximum Gasteiger partial charge on any atom is 0.326 e. The first-order valence-corrected chi connectivity index (χ1v) is 7.27. The molecule has 98 valence electrons. The Bertz CT molecular complexity index is 275. The highest BCUT2D eigenvalue weighted by atomic mass is 32.2. The first kappa shape index (κ1) is 14.4. The van der Waals surface area contributed by atoms with E-state index in [1.165, 1.54) is 0 Å². The molecular formula is C12H21NO3S. The van der Waals surface area contributed by atoms with Crippen LogP contribution in [0, 0.1) is 11.8 Å². The second kappa shape index (κ2) is 6.89. The SMILES string of the molecule is CC(C)CC(NC(=O)C1CCSCC1)C(=O)O. The van der Waals surface area contributed by atoms with Gasteiger partial charge in [-0.05, 0) is 36.7 Å². The standard InChI is InChI=1S/C12H21NO3S/c1-8(2)7-10(12(15)16)13-11(14)9-3-5-17-6-4-9/h8-10H,3-7H2,1-2H3,(H,13,14)(H,15,16). The van der Waals surface area contributed by atoms with Crippen LogP contribution in [0.15, 0.2) is 0 Å². The lowest BCUT2D eigenvalue weighted by Gasteiger charge is -2.23. The van der Waals surface area contributed by atoms with Gasteiger partial charge in [0.25, 0.3) is 0 Å². The van der Waals surface area contributed by atoms with E-state index in [2.05, 4.69) is 5.32 Å². The normalized spacial score (nSPS) is 19.0. The average molecular weight is 259 g/mol. The lowest BCUT2D eigenvalue weighted by atomic mass is 9.99. The number of rotatable bonds is 5. The lowest BCUT2D eigenvalue weighted by Crippen LogP contribution is -2.45. The Morgan fingerprint density at radius 3 is 2.41 bits per heavy atom. The third kappa shape index (κ3) is 4.98. The topological polar surface area (TPSA) is 66.4 Å². The third-order valence-electron chi connectivity index (χ3n) is 2.91. The minimum absolute atomic E-state index is 0.00487. The highest BCUT2D eigenvalue weighted by molar-refractivity contribution is 7.99. The van der Waals surface area contributed by atoms with Crippen molar-refractivity contribution in [3.63, 3.8) is 0 Å². The van der Waals surface area contributed by atoms with E-state index in [0.29, 0.717) is 6.42 Å². The number of amides is 1. The van der Waals surface area contributed by atoms with Gasteiger partial charge in [-0.25, -0.2) is 4.79 Å². The summed E-state index contributed by atoms with van der Waals surface area (Å²) < 4.78 is 0. The predicted octanol–water partition coefficient (Wildman–Crippen LogP) is 1.75. The van der Waals surface area contributed by atoms with Gasteiger partial charge in [-0.3, -0.25) is 4.79 Å². The number of carbonyl (C=O) groups is 2. The lowest BCUT2D eigenvalue weighted by molar-refractivity contribution is -0.143. The molecule has 0 aromatic rings. The van der Waals surface area contributed by atoms with E-state index < -0.39 is 12.0 Å². The molecule has 1 fully saturated rings. The van der Waals surface area contributed by atoms with E-state index in [0.717, 1.165) is 24.3 Å². The Kier molecular flexibility index (Phi) is 5.82. The van der Waals surface area contributed by atoms with Crippen LogP contribution in [0.4, 0.5) is 0 Å². The van der Waals surface area contributed by atoms with Crippen molar-refractivity contribution < 1.29 is 14.7 Å². The fourth-order valence-corrected chi connectivity index (χ4v) is 3.05. The number of hydrogen-bond donors (Lipinski definition) is 2. The van der Waals surface area contributed by atoms with E-state index in [-0.39, 0.29) is 17.7 Å². The van der Waals surface area contributed by atoms with Crippen LogP contribution in [0.2, 0.25) is 0 Å². The summed E-state index contributed by atoms with van der Waals surface area (Å²) in [5.41, 5.74) is 0. The zero-order valence-corrected chi connectivity index (χ0v) is 11.3. The fourth-order valence-electron chi connectivity index (χ4n) is 1.94. The molecule has 0 saturated carbocycles. The molecule has 5 heteroatoms. The Morgan fingerprint density at radius 2 is 1.94 bits per heavy atom. The maximum absolute atomic E-state index is 11.9. The van der Waals surface area contributed by atoms with Crippen LogP contribution in [-0.4, -0.2) is 34.5 Å². The minimum atomic E-state index is -0.933. The van der Waals surface area contributed by atoms with Crippen molar-refractivity contribution in [2.24, 2.45) is 11.8 Å². The van der Waals surface area contributed by atoms with Crippen molar-refractivity contribution in [2.75, 3.05) is 11.5 Å². The highest BCUT2D eigenvalue weighted by Gasteiger charge is 2.26. The Labute approximate surface area is 107 Å². The van der Waals surface area contributed by atoms with E-state index in [4.69, 9.17) is 5.11 Å². The van der Waals surface area contributed by atoms with Crippen LogP contribution in [-0.2, 0) is 9.59 Å². The van der Waals surface area contributed by atoms with Gasteiger partial charge in [-0.1, -0.05) is 13.8 Å². The van der Waals surface area contributed by atoms with Crippen LogP contribution in [0.25, 0.3) is 0 Å². The summed E-state index contributed by atoms with van der Waals surface area (Å²) in [7, 11) is 0. The van der Waals surface area contributed by atoms with Gasteiger partial charge in [0.15, 0.2) is 0 Å². The minimum Gasteiger partial charge on any atom is -0.480 e. The number of aliphatic carboxylic acids is 1. The molecule has 1 atom stereocenters. The van der Waals surface area contributed by atoms with Gasteiger partial charge < -0.3 is 10.4 Å². The quantitative estimate of drug-likeness (QED) is 0.789. The molecule has 2 N–H and O–H groups in total. The zero-order chi connectivity index (χ0) is 12.8.